The Morgan fingerprint density at radius 3 is 2.61 bits per heavy atom. The number of carbonyl (C=O) groups is 1. The Kier molecular flexibility index (Phi) is 7.20. The Balaban J connectivity index is 1.56. The van der Waals surface area contributed by atoms with Gasteiger partial charge in [-0.05, 0) is 61.6 Å². The molecule has 188 valence electrons. The average Bonchev–Trinajstić information content (AvgIpc) is 3.50. The number of sulfonamides is 1. The van der Waals surface area contributed by atoms with E-state index in [-0.39, 0.29) is 10.1 Å². The Morgan fingerprint density at radius 1 is 1.11 bits per heavy atom. The van der Waals surface area contributed by atoms with Gasteiger partial charge in [0.15, 0.2) is 5.13 Å². The van der Waals surface area contributed by atoms with Gasteiger partial charge in [-0.1, -0.05) is 65.8 Å². The van der Waals surface area contributed by atoms with Crippen LogP contribution in [0.5, 0.6) is 0 Å². The summed E-state index contributed by atoms with van der Waals surface area (Å²) in [6, 6.07) is 16.2. The Bertz CT molecular complexity index is 1520. The molecule has 1 fully saturated rings. The fourth-order valence-corrected chi connectivity index (χ4v) is 9.06. The number of amides is 1. The predicted molar refractivity (Wildman–Crippen MR) is 148 cm³/mol. The molecule has 2 aromatic heterocycles. The molecule has 5 rings (SSSR count). The highest BCUT2D eigenvalue weighted by molar-refractivity contribution is 7.91. The van der Waals surface area contributed by atoms with Crippen LogP contribution in [0.25, 0.3) is 10.2 Å². The second-order valence-electron chi connectivity index (χ2n) is 9.02. The number of aromatic nitrogens is 1. The van der Waals surface area contributed by atoms with Crippen LogP contribution >= 0.6 is 34.3 Å². The van der Waals surface area contributed by atoms with E-state index in [2.05, 4.69) is 12.1 Å². The van der Waals surface area contributed by atoms with E-state index in [9.17, 15) is 13.2 Å². The van der Waals surface area contributed by atoms with Crippen LogP contribution in [0.15, 0.2) is 58.8 Å². The van der Waals surface area contributed by atoms with E-state index in [0.29, 0.717) is 35.4 Å². The van der Waals surface area contributed by atoms with Crippen molar-refractivity contribution in [1.29, 1.82) is 0 Å². The van der Waals surface area contributed by atoms with Crippen LogP contribution in [0.1, 0.15) is 36.0 Å². The summed E-state index contributed by atoms with van der Waals surface area (Å²) in [7, 11) is -3.86. The van der Waals surface area contributed by atoms with Crippen LogP contribution in [0.3, 0.4) is 0 Å². The molecular weight excluding hydrogens is 534 g/mol. The molecule has 1 unspecified atom stereocenters. The summed E-state index contributed by atoms with van der Waals surface area (Å²) in [6.45, 7) is 4.67. The van der Waals surface area contributed by atoms with E-state index >= 15 is 0 Å². The maximum absolute atomic E-state index is 14.2. The van der Waals surface area contributed by atoms with E-state index < -0.39 is 16.1 Å². The van der Waals surface area contributed by atoms with E-state index in [1.54, 1.807) is 11.0 Å². The molecule has 10 heteroatoms. The highest BCUT2D eigenvalue weighted by atomic mass is 35.5. The number of hydrogen-bond acceptors (Lipinski definition) is 6. The quantitative estimate of drug-likeness (QED) is 0.274. The molecule has 1 amide bonds. The summed E-state index contributed by atoms with van der Waals surface area (Å²) in [5, 5.41) is 0.578. The fourth-order valence-electron chi connectivity index (χ4n) is 4.65. The molecule has 1 atom stereocenters. The minimum absolute atomic E-state index is 0.160. The lowest BCUT2D eigenvalue weighted by atomic mass is 10.0. The number of benzene rings is 2. The minimum atomic E-state index is -3.86. The third kappa shape index (κ3) is 4.95. The van der Waals surface area contributed by atoms with Crippen molar-refractivity contribution in [2.45, 2.75) is 49.9 Å². The largest absolute Gasteiger partial charge is 0.282 e. The molecular formula is C26H26ClN3O3S3. The fraction of sp³-hybridized carbons (Fsp3) is 0.308. The SMILES string of the molecule is Cc1cc(C)c2nc(N(Cc3ccccc3)C(=O)C3CCCCN3S(=O)(=O)c3ccc(Cl)s3)sc2c1. The molecule has 0 bridgehead atoms. The van der Waals surface area contributed by atoms with Crippen LogP contribution < -0.4 is 4.90 Å². The van der Waals surface area contributed by atoms with E-state index in [1.807, 2.05) is 44.2 Å². The molecule has 2 aromatic carbocycles. The first-order chi connectivity index (χ1) is 17.2. The number of halogens is 1. The summed E-state index contributed by atoms with van der Waals surface area (Å²) < 4.78 is 30.0. The van der Waals surface area contributed by atoms with Gasteiger partial charge in [0.05, 0.1) is 21.1 Å². The number of rotatable bonds is 6. The van der Waals surface area contributed by atoms with Crippen molar-refractivity contribution in [1.82, 2.24) is 9.29 Å². The summed E-state index contributed by atoms with van der Waals surface area (Å²) in [5.41, 5.74) is 4.01. The zero-order valence-electron chi connectivity index (χ0n) is 20.0. The number of anilines is 1. The number of aryl methyl sites for hydroxylation is 2. The van der Waals surface area contributed by atoms with E-state index in [1.165, 1.54) is 21.7 Å². The maximum Gasteiger partial charge on any atom is 0.253 e. The lowest BCUT2D eigenvalue weighted by Crippen LogP contribution is -2.52. The molecule has 1 saturated heterocycles. The number of carbonyl (C=O) groups excluding carboxylic acids is 1. The summed E-state index contributed by atoms with van der Waals surface area (Å²) in [5.74, 6) is -0.252. The van der Waals surface area contributed by atoms with Gasteiger partial charge < -0.3 is 0 Å². The molecule has 0 spiro atoms. The van der Waals surface area contributed by atoms with Gasteiger partial charge in [0, 0.05) is 6.54 Å². The zero-order valence-corrected chi connectivity index (χ0v) is 23.2. The normalized spacial score (nSPS) is 16.9. The number of nitrogens with zero attached hydrogens (tertiary/aromatic N) is 3. The van der Waals surface area contributed by atoms with Gasteiger partial charge in [0.1, 0.15) is 10.3 Å². The summed E-state index contributed by atoms with van der Waals surface area (Å²) in [6.07, 6.45) is 1.96. The molecule has 0 radical (unpaired) electrons. The molecule has 0 aliphatic carbocycles. The molecule has 36 heavy (non-hydrogen) atoms. The third-order valence-electron chi connectivity index (χ3n) is 6.35. The maximum atomic E-state index is 14.2. The lowest BCUT2D eigenvalue weighted by molar-refractivity contribution is -0.123. The lowest BCUT2D eigenvalue weighted by Gasteiger charge is -2.35. The van der Waals surface area contributed by atoms with Crippen molar-refractivity contribution >= 4 is 65.6 Å². The van der Waals surface area contributed by atoms with Crippen LogP contribution in [-0.2, 0) is 21.4 Å². The summed E-state index contributed by atoms with van der Waals surface area (Å²) in [4.78, 5) is 20.7. The van der Waals surface area contributed by atoms with Crippen molar-refractivity contribution in [2.24, 2.45) is 0 Å². The van der Waals surface area contributed by atoms with Gasteiger partial charge in [-0.3, -0.25) is 9.69 Å². The van der Waals surface area contributed by atoms with Gasteiger partial charge in [-0.15, -0.1) is 11.3 Å². The third-order valence-corrected chi connectivity index (χ3v) is 11.0. The van der Waals surface area contributed by atoms with Crippen LogP contribution in [-0.4, -0.2) is 36.2 Å². The van der Waals surface area contributed by atoms with Crippen molar-refractivity contribution in [3.63, 3.8) is 0 Å². The minimum Gasteiger partial charge on any atom is -0.282 e. The standard InChI is InChI=1S/C26H26ClN3O3S3/c1-17-14-18(2)24-21(15-17)34-26(28-24)29(16-19-8-4-3-5-9-19)25(31)20-10-6-7-13-30(20)36(32,33)23-12-11-22(27)35-23/h3-5,8-9,11-12,14-15,20H,6-7,10,13,16H2,1-2H3. The zero-order chi connectivity index (χ0) is 25.4. The molecule has 0 saturated carbocycles. The van der Waals surface area contributed by atoms with Gasteiger partial charge in [0.25, 0.3) is 10.0 Å². The van der Waals surface area contributed by atoms with Crippen molar-refractivity contribution < 1.29 is 13.2 Å². The van der Waals surface area contributed by atoms with Crippen LogP contribution in [0, 0.1) is 13.8 Å². The Hall–Kier alpha value is -2.30. The van der Waals surface area contributed by atoms with Gasteiger partial charge in [0.2, 0.25) is 5.91 Å². The first-order valence-electron chi connectivity index (χ1n) is 11.7. The van der Waals surface area contributed by atoms with Crippen molar-refractivity contribution in [3.8, 4) is 0 Å². The molecule has 4 aromatic rings. The van der Waals surface area contributed by atoms with Crippen LogP contribution in [0.2, 0.25) is 4.34 Å². The number of thiophene rings is 1. The molecule has 1 aliphatic rings. The van der Waals surface area contributed by atoms with Crippen LogP contribution in [0.4, 0.5) is 5.13 Å². The van der Waals surface area contributed by atoms with E-state index in [0.717, 1.165) is 44.7 Å². The second-order valence-corrected chi connectivity index (χ2v) is 13.9. The number of piperidine rings is 1. The average molecular weight is 560 g/mol. The molecule has 0 N–H and O–H groups in total. The number of fused-ring (bicyclic) bond motifs is 1. The van der Waals surface area contributed by atoms with Gasteiger partial charge in [-0.25, -0.2) is 13.4 Å². The summed E-state index contributed by atoms with van der Waals surface area (Å²) >= 11 is 8.52. The highest BCUT2D eigenvalue weighted by Gasteiger charge is 2.41. The predicted octanol–water partition coefficient (Wildman–Crippen LogP) is 6.40. The highest BCUT2D eigenvalue weighted by Crippen LogP contribution is 2.36. The van der Waals surface area contributed by atoms with E-state index in [4.69, 9.17) is 16.6 Å². The number of hydrogen-bond donors (Lipinski definition) is 0. The van der Waals surface area contributed by atoms with Gasteiger partial charge in [-0.2, -0.15) is 4.31 Å². The Morgan fingerprint density at radius 2 is 1.89 bits per heavy atom. The molecule has 3 heterocycles. The topological polar surface area (TPSA) is 70.6 Å². The van der Waals surface area contributed by atoms with Gasteiger partial charge >= 0.3 is 0 Å². The second kappa shape index (κ2) is 10.2. The molecule has 1 aliphatic heterocycles. The smallest absolute Gasteiger partial charge is 0.253 e. The Labute approximate surface area is 224 Å². The molecule has 6 nitrogen and oxygen atoms in total. The number of thiazole rings is 1. The monoisotopic (exact) mass is 559 g/mol. The first-order valence-corrected chi connectivity index (χ1v) is 15.2. The van der Waals surface area contributed by atoms with Crippen molar-refractivity contribution in [2.75, 3.05) is 11.4 Å². The van der Waals surface area contributed by atoms with Crippen molar-refractivity contribution in [3.05, 3.63) is 75.6 Å². The first kappa shape index (κ1) is 25.4.